The lowest BCUT2D eigenvalue weighted by Crippen LogP contribution is -2.27. The Bertz CT molecular complexity index is 227. The maximum Gasteiger partial charge on any atom is 0.311 e. The summed E-state index contributed by atoms with van der Waals surface area (Å²) >= 11 is 0. The molecule has 1 saturated heterocycles. The van der Waals surface area contributed by atoms with E-state index in [4.69, 9.17) is 4.74 Å². The van der Waals surface area contributed by atoms with Crippen molar-refractivity contribution in [2.45, 2.75) is 26.7 Å². The summed E-state index contributed by atoms with van der Waals surface area (Å²) < 4.78 is 4.88. The molecule has 1 aliphatic rings. The predicted molar refractivity (Wildman–Crippen MR) is 51.6 cm³/mol. The van der Waals surface area contributed by atoms with Crippen LogP contribution in [-0.2, 0) is 14.3 Å². The fourth-order valence-corrected chi connectivity index (χ4v) is 1.68. The number of nitrogens with zero attached hydrogens (tertiary/aromatic N) is 1. The normalized spacial score (nSPS) is 21.4. The topological polar surface area (TPSA) is 46.6 Å². The molecule has 0 radical (unpaired) electrons. The smallest absolute Gasteiger partial charge is 0.311 e. The summed E-state index contributed by atoms with van der Waals surface area (Å²) in [5.41, 5.74) is 0. The van der Waals surface area contributed by atoms with Gasteiger partial charge in [0.05, 0.1) is 12.5 Å². The summed E-state index contributed by atoms with van der Waals surface area (Å²) in [6.45, 7) is 5.46. The minimum absolute atomic E-state index is 0.0740. The minimum atomic E-state index is -0.242. The van der Waals surface area contributed by atoms with E-state index in [-0.39, 0.29) is 17.8 Å². The van der Waals surface area contributed by atoms with Crippen molar-refractivity contribution in [2.24, 2.45) is 5.92 Å². The molecule has 0 aromatic rings. The molecule has 0 saturated carbocycles. The van der Waals surface area contributed by atoms with Crippen LogP contribution in [0.3, 0.4) is 0 Å². The van der Waals surface area contributed by atoms with Gasteiger partial charge in [0, 0.05) is 19.5 Å². The molecule has 1 rings (SSSR count). The number of hydrogen-bond acceptors (Lipinski definition) is 3. The second-order valence-electron chi connectivity index (χ2n) is 3.49. The van der Waals surface area contributed by atoms with Gasteiger partial charge in [0.2, 0.25) is 5.91 Å². The zero-order valence-corrected chi connectivity index (χ0v) is 8.78. The van der Waals surface area contributed by atoms with Crippen LogP contribution in [0, 0.1) is 5.92 Å². The number of hydrogen-bond donors (Lipinski definition) is 0. The average Bonchev–Trinajstić information content (AvgIpc) is 2.49. The van der Waals surface area contributed by atoms with Crippen molar-refractivity contribution in [1.29, 1.82) is 0 Å². The molecule has 1 unspecified atom stereocenters. The third-order valence-electron chi connectivity index (χ3n) is 2.33. The molecule has 0 bridgehead atoms. The number of rotatable bonds is 4. The summed E-state index contributed by atoms with van der Waals surface area (Å²) in [5, 5.41) is 0. The van der Waals surface area contributed by atoms with Gasteiger partial charge in [-0.15, -0.1) is 0 Å². The third kappa shape index (κ3) is 2.47. The molecule has 4 heteroatoms. The highest BCUT2D eigenvalue weighted by molar-refractivity contribution is 5.86. The molecule has 0 aliphatic carbocycles. The number of esters is 1. The molecule has 0 aromatic heterocycles. The van der Waals surface area contributed by atoms with E-state index < -0.39 is 0 Å². The number of likely N-dealkylation sites (tertiary alicyclic amines) is 1. The Kier molecular flexibility index (Phi) is 3.92. The van der Waals surface area contributed by atoms with Crippen LogP contribution in [0.5, 0.6) is 0 Å². The lowest BCUT2D eigenvalue weighted by molar-refractivity contribution is -0.147. The fourth-order valence-electron chi connectivity index (χ4n) is 1.68. The van der Waals surface area contributed by atoms with Crippen molar-refractivity contribution in [2.75, 3.05) is 19.7 Å². The SMILES string of the molecule is CCCN1CC(C(=O)OCC)CC1=O. The molecule has 0 aromatic carbocycles. The zero-order valence-electron chi connectivity index (χ0n) is 8.78. The number of carbonyl (C=O) groups excluding carboxylic acids is 2. The van der Waals surface area contributed by atoms with Gasteiger partial charge in [-0.2, -0.15) is 0 Å². The van der Waals surface area contributed by atoms with Gasteiger partial charge in [0.1, 0.15) is 0 Å². The molecule has 1 atom stereocenters. The van der Waals surface area contributed by atoms with E-state index in [1.165, 1.54) is 0 Å². The molecule has 0 N–H and O–H groups in total. The van der Waals surface area contributed by atoms with Crippen molar-refractivity contribution in [3.8, 4) is 0 Å². The highest BCUT2D eigenvalue weighted by Gasteiger charge is 2.34. The largest absolute Gasteiger partial charge is 0.466 e. The molecule has 1 fully saturated rings. The molecule has 80 valence electrons. The predicted octanol–water partition coefficient (Wildman–Crippen LogP) is 0.808. The van der Waals surface area contributed by atoms with E-state index >= 15 is 0 Å². The Labute approximate surface area is 84.2 Å². The number of amides is 1. The highest BCUT2D eigenvalue weighted by Crippen LogP contribution is 2.19. The Balaban J connectivity index is 2.45. The maximum absolute atomic E-state index is 11.4. The van der Waals surface area contributed by atoms with Gasteiger partial charge in [0.25, 0.3) is 0 Å². The van der Waals surface area contributed by atoms with E-state index in [9.17, 15) is 9.59 Å². The lowest BCUT2D eigenvalue weighted by Gasteiger charge is -2.14. The van der Waals surface area contributed by atoms with Crippen LogP contribution in [0.25, 0.3) is 0 Å². The van der Waals surface area contributed by atoms with Crippen LogP contribution < -0.4 is 0 Å². The first-order valence-electron chi connectivity index (χ1n) is 5.13. The molecule has 0 spiro atoms. The Morgan fingerprint density at radius 3 is 2.86 bits per heavy atom. The molecule has 1 aliphatic heterocycles. The zero-order chi connectivity index (χ0) is 10.6. The van der Waals surface area contributed by atoms with Crippen LogP contribution in [-0.4, -0.2) is 36.5 Å². The van der Waals surface area contributed by atoms with Crippen LogP contribution in [0.4, 0.5) is 0 Å². The lowest BCUT2D eigenvalue weighted by atomic mass is 10.1. The Morgan fingerprint density at radius 2 is 2.29 bits per heavy atom. The van der Waals surface area contributed by atoms with Crippen molar-refractivity contribution in [3.63, 3.8) is 0 Å². The Hall–Kier alpha value is -1.06. The average molecular weight is 199 g/mol. The quantitative estimate of drug-likeness (QED) is 0.629. The molecule has 14 heavy (non-hydrogen) atoms. The van der Waals surface area contributed by atoms with E-state index in [1.54, 1.807) is 11.8 Å². The van der Waals surface area contributed by atoms with Gasteiger partial charge >= 0.3 is 5.97 Å². The van der Waals surface area contributed by atoms with E-state index in [0.29, 0.717) is 19.6 Å². The second-order valence-corrected chi connectivity index (χ2v) is 3.49. The van der Waals surface area contributed by atoms with Gasteiger partial charge in [-0.3, -0.25) is 9.59 Å². The molecule has 1 amide bonds. The standard InChI is InChI=1S/C10H17NO3/c1-3-5-11-7-8(6-9(11)12)10(13)14-4-2/h8H,3-7H2,1-2H3. The van der Waals surface area contributed by atoms with Gasteiger partial charge in [-0.25, -0.2) is 0 Å². The third-order valence-corrected chi connectivity index (χ3v) is 2.33. The monoisotopic (exact) mass is 199 g/mol. The summed E-state index contributed by atoms with van der Waals surface area (Å²) in [7, 11) is 0. The summed E-state index contributed by atoms with van der Waals surface area (Å²) in [6, 6.07) is 0. The Morgan fingerprint density at radius 1 is 1.57 bits per heavy atom. The molecule has 4 nitrogen and oxygen atoms in total. The van der Waals surface area contributed by atoms with E-state index in [2.05, 4.69) is 0 Å². The van der Waals surface area contributed by atoms with Gasteiger partial charge in [-0.05, 0) is 13.3 Å². The fraction of sp³-hybridized carbons (Fsp3) is 0.800. The first-order chi connectivity index (χ1) is 6.69. The van der Waals surface area contributed by atoms with Crippen LogP contribution in [0.15, 0.2) is 0 Å². The molecular formula is C10H17NO3. The summed E-state index contributed by atoms with van der Waals surface area (Å²) in [6.07, 6.45) is 1.25. The summed E-state index contributed by atoms with van der Waals surface area (Å²) in [5.74, 6) is -0.404. The number of carbonyl (C=O) groups is 2. The van der Waals surface area contributed by atoms with E-state index in [1.807, 2.05) is 6.92 Å². The van der Waals surface area contributed by atoms with Crippen molar-refractivity contribution in [1.82, 2.24) is 4.90 Å². The van der Waals surface area contributed by atoms with Crippen molar-refractivity contribution < 1.29 is 14.3 Å². The van der Waals surface area contributed by atoms with Gasteiger partial charge < -0.3 is 9.64 Å². The minimum Gasteiger partial charge on any atom is -0.466 e. The number of ether oxygens (including phenoxy) is 1. The first kappa shape index (κ1) is 11.0. The maximum atomic E-state index is 11.4. The first-order valence-corrected chi connectivity index (χ1v) is 5.13. The van der Waals surface area contributed by atoms with E-state index in [0.717, 1.165) is 13.0 Å². The van der Waals surface area contributed by atoms with Crippen molar-refractivity contribution >= 4 is 11.9 Å². The summed E-state index contributed by atoms with van der Waals surface area (Å²) in [4.78, 5) is 24.5. The van der Waals surface area contributed by atoms with Crippen LogP contribution >= 0.6 is 0 Å². The van der Waals surface area contributed by atoms with Gasteiger partial charge in [0.15, 0.2) is 0 Å². The second kappa shape index (κ2) is 4.98. The highest BCUT2D eigenvalue weighted by atomic mass is 16.5. The molecular weight excluding hydrogens is 182 g/mol. The van der Waals surface area contributed by atoms with Crippen molar-refractivity contribution in [3.05, 3.63) is 0 Å². The van der Waals surface area contributed by atoms with Crippen LogP contribution in [0.2, 0.25) is 0 Å². The molecule has 1 heterocycles. The van der Waals surface area contributed by atoms with Crippen LogP contribution in [0.1, 0.15) is 26.7 Å². The van der Waals surface area contributed by atoms with Gasteiger partial charge in [-0.1, -0.05) is 6.92 Å².